The minimum Gasteiger partial charge on any atom is -0.481 e. The summed E-state index contributed by atoms with van der Waals surface area (Å²) in [6, 6.07) is 19.0. The molecule has 3 N–H and O–H groups in total. The lowest BCUT2D eigenvalue weighted by atomic mass is 9.82. The van der Waals surface area contributed by atoms with E-state index in [1.165, 1.54) is 6.92 Å². The van der Waals surface area contributed by atoms with Crippen molar-refractivity contribution in [2.75, 3.05) is 6.61 Å². The van der Waals surface area contributed by atoms with E-state index in [4.69, 9.17) is 4.74 Å². The molecule has 8 heteroatoms. The zero-order valence-corrected chi connectivity index (χ0v) is 20.9. The first-order valence-corrected chi connectivity index (χ1v) is 13.3. The highest BCUT2D eigenvalue weighted by molar-refractivity contribution is 6.98. The number of esters is 1. The molecular formula is C26H34O7Si. The first-order chi connectivity index (χ1) is 16.0. The number of benzene rings is 2. The van der Waals surface area contributed by atoms with Crippen LogP contribution in [-0.4, -0.2) is 47.8 Å². The Kier molecular flexibility index (Phi) is 9.58. The van der Waals surface area contributed by atoms with Gasteiger partial charge in [0.05, 0.1) is 13.0 Å². The van der Waals surface area contributed by atoms with Crippen LogP contribution in [0.15, 0.2) is 60.7 Å². The standard InChI is InChI=1S/C26H34O7Si/c1-19(27)33-18-21(17-25(30)31)20(16-24(28)29)14-15-26(2,3)34(32,22-10-6-4-7-11-22)23-12-8-5-9-13-23/h4-13,20-21,32H,14-18H2,1-3H3,(H,28,29)(H,30,31)/t20-,21-/m1/s1. The van der Waals surface area contributed by atoms with Gasteiger partial charge in [0.1, 0.15) is 0 Å². The molecule has 0 saturated heterocycles. The molecule has 34 heavy (non-hydrogen) atoms. The summed E-state index contributed by atoms with van der Waals surface area (Å²) >= 11 is 0. The van der Waals surface area contributed by atoms with Gasteiger partial charge >= 0.3 is 17.9 Å². The SMILES string of the molecule is CC(=O)OC[C@@H](CC(=O)O)[C@H](CCC(C)(C)[Si](O)(c1ccccc1)c1ccccc1)CC(=O)O. The van der Waals surface area contributed by atoms with Crippen LogP contribution in [0.25, 0.3) is 0 Å². The van der Waals surface area contributed by atoms with Crippen LogP contribution in [0.1, 0.15) is 46.5 Å². The summed E-state index contributed by atoms with van der Waals surface area (Å²) in [5.74, 6) is -3.83. The number of carboxylic acids is 2. The molecule has 2 aromatic carbocycles. The van der Waals surface area contributed by atoms with Crippen LogP contribution in [0.3, 0.4) is 0 Å². The average molecular weight is 487 g/mol. The van der Waals surface area contributed by atoms with E-state index in [1.54, 1.807) is 0 Å². The normalized spacial score (nSPS) is 13.6. The molecule has 0 amide bonds. The molecule has 7 nitrogen and oxygen atoms in total. The molecule has 2 atom stereocenters. The fourth-order valence-electron chi connectivity index (χ4n) is 4.57. The molecule has 0 unspecified atom stereocenters. The Bertz CT molecular complexity index is 920. The third kappa shape index (κ3) is 7.01. The molecule has 0 aromatic heterocycles. The summed E-state index contributed by atoms with van der Waals surface area (Å²) in [6.45, 7) is 5.04. The summed E-state index contributed by atoms with van der Waals surface area (Å²) in [6.07, 6.45) is 0.289. The monoisotopic (exact) mass is 486 g/mol. The molecule has 2 rings (SSSR count). The van der Waals surface area contributed by atoms with Crippen LogP contribution in [0, 0.1) is 11.8 Å². The van der Waals surface area contributed by atoms with Gasteiger partial charge in [0, 0.05) is 19.3 Å². The number of hydrogen-bond donors (Lipinski definition) is 3. The van der Waals surface area contributed by atoms with E-state index < -0.39 is 43.1 Å². The van der Waals surface area contributed by atoms with Gasteiger partial charge in [-0.15, -0.1) is 0 Å². The third-order valence-electron chi connectivity index (χ3n) is 6.54. The number of rotatable bonds is 13. The number of ether oxygens (including phenoxy) is 1. The van der Waals surface area contributed by atoms with Crippen molar-refractivity contribution >= 4 is 36.6 Å². The first kappa shape index (κ1) is 27.3. The fourth-order valence-corrected chi connectivity index (χ4v) is 8.33. The number of carbonyl (C=O) groups excluding carboxylic acids is 1. The smallest absolute Gasteiger partial charge is 0.303 e. The van der Waals surface area contributed by atoms with E-state index in [0.29, 0.717) is 12.8 Å². The highest BCUT2D eigenvalue weighted by Crippen LogP contribution is 2.42. The Morgan fingerprint density at radius 1 is 0.853 bits per heavy atom. The topological polar surface area (TPSA) is 121 Å². The molecule has 0 spiro atoms. The van der Waals surface area contributed by atoms with E-state index in [2.05, 4.69) is 0 Å². The molecule has 0 saturated carbocycles. The Balaban J connectivity index is 2.39. The van der Waals surface area contributed by atoms with Crippen LogP contribution in [0.4, 0.5) is 0 Å². The van der Waals surface area contributed by atoms with Crippen molar-refractivity contribution in [3.63, 3.8) is 0 Å². The van der Waals surface area contributed by atoms with E-state index >= 15 is 0 Å². The summed E-state index contributed by atoms with van der Waals surface area (Å²) in [4.78, 5) is 46.7. The Morgan fingerprint density at radius 3 is 1.71 bits per heavy atom. The van der Waals surface area contributed by atoms with Crippen LogP contribution in [0.2, 0.25) is 5.04 Å². The van der Waals surface area contributed by atoms with E-state index in [9.17, 15) is 29.4 Å². The highest BCUT2D eigenvalue weighted by atomic mass is 28.4. The summed E-state index contributed by atoms with van der Waals surface area (Å²) in [5.41, 5.74) is 0. The number of carbonyl (C=O) groups is 3. The molecule has 0 bridgehead atoms. The molecule has 0 aliphatic heterocycles. The van der Waals surface area contributed by atoms with Crippen molar-refractivity contribution < 1.29 is 34.1 Å². The Hall–Kier alpha value is -2.97. The van der Waals surface area contributed by atoms with Crippen LogP contribution >= 0.6 is 0 Å². The second-order valence-electron chi connectivity index (χ2n) is 9.38. The maximum atomic E-state index is 12.3. The molecule has 2 aromatic rings. The van der Waals surface area contributed by atoms with Crippen LogP contribution in [0.5, 0.6) is 0 Å². The van der Waals surface area contributed by atoms with Gasteiger partial charge in [0.2, 0.25) is 0 Å². The molecule has 0 heterocycles. The predicted octanol–water partition coefficient (Wildman–Crippen LogP) is 3.04. The van der Waals surface area contributed by atoms with Gasteiger partial charge < -0.3 is 19.7 Å². The quantitative estimate of drug-likeness (QED) is 0.294. The lowest BCUT2D eigenvalue weighted by Gasteiger charge is -2.42. The summed E-state index contributed by atoms with van der Waals surface area (Å²) in [7, 11) is -3.29. The second kappa shape index (κ2) is 11.9. The first-order valence-electron chi connectivity index (χ1n) is 11.4. The van der Waals surface area contributed by atoms with Crippen molar-refractivity contribution in [2.24, 2.45) is 11.8 Å². The summed E-state index contributed by atoms with van der Waals surface area (Å²) in [5, 5.41) is 20.0. The zero-order chi connectivity index (χ0) is 25.4. The van der Waals surface area contributed by atoms with Gasteiger partial charge in [-0.05, 0) is 34.2 Å². The largest absolute Gasteiger partial charge is 0.481 e. The third-order valence-corrected chi connectivity index (χ3v) is 11.1. The number of aliphatic carboxylic acids is 2. The number of hydrogen-bond acceptors (Lipinski definition) is 5. The van der Waals surface area contributed by atoms with Crippen molar-refractivity contribution in [1.29, 1.82) is 0 Å². The lowest BCUT2D eigenvalue weighted by molar-refractivity contribution is -0.148. The van der Waals surface area contributed by atoms with Gasteiger partial charge in [0.25, 0.3) is 8.32 Å². The van der Waals surface area contributed by atoms with Crippen molar-refractivity contribution in [3.05, 3.63) is 60.7 Å². The van der Waals surface area contributed by atoms with Gasteiger partial charge in [-0.25, -0.2) is 0 Å². The minimum atomic E-state index is -3.29. The number of carboxylic acid groups (broad SMARTS) is 2. The summed E-state index contributed by atoms with van der Waals surface area (Å²) < 4.78 is 5.07. The lowest BCUT2D eigenvalue weighted by Crippen LogP contribution is -2.65. The van der Waals surface area contributed by atoms with E-state index in [-0.39, 0.29) is 19.4 Å². The van der Waals surface area contributed by atoms with E-state index in [1.807, 2.05) is 74.5 Å². The second-order valence-corrected chi connectivity index (χ2v) is 13.3. The Labute approximate surface area is 201 Å². The fraction of sp³-hybridized carbons (Fsp3) is 0.423. The maximum Gasteiger partial charge on any atom is 0.303 e. The van der Waals surface area contributed by atoms with Gasteiger partial charge in [-0.1, -0.05) is 74.5 Å². The molecule has 184 valence electrons. The molecule has 0 fully saturated rings. The average Bonchev–Trinajstić information content (AvgIpc) is 2.79. The maximum absolute atomic E-state index is 12.3. The van der Waals surface area contributed by atoms with Gasteiger partial charge in [-0.3, -0.25) is 14.4 Å². The molecule has 0 radical (unpaired) electrons. The predicted molar refractivity (Wildman–Crippen MR) is 132 cm³/mol. The molecule has 0 aliphatic rings. The van der Waals surface area contributed by atoms with Crippen molar-refractivity contribution in [3.8, 4) is 0 Å². The van der Waals surface area contributed by atoms with Gasteiger partial charge in [0.15, 0.2) is 0 Å². The Morgan fingerprint density at radius 2 is 1.29 bits per heavy atom. The van der Waals surface area contributed by atoms with Gasteiger partial charge in [-0.2, -0.15) is 0 Å². The highest BCUT2D eigenvalue weighted by Gasteiger charge is 2.50. The zero-order valence-electron chi connectivity index (χ0n) is 19.9. The van der Waals surface area contributed by atoms with Crippen molar-refractivity contribution in [2.45, 2.75) is 51.5 Å². The van der Waals surface area contributed by atoms with Crippen molar-refractivity contribution in [1.82, 2.24) is 0 Å². The van der Waals surface area contributed by atoms with Crippen LogP contribution < -0.4 is 10.4 Å². The van der Waals surface area contributed by atoms with Crippen LogP contribution in [-0.2, 0) is 19.1 Å². The molecular weight excluding hydrogens is 452 g/mol. The minimum absolute atomic E-state index is 0.154. The van der Waals surface area contributed by atoms with E-state index in [0.717, 1.165) is 10.4 Å². The molecule has 0 aliphatic carbocycles.